The van der Waals surface area contributed by atoms with Crippen molar-refractivity contribution in [2.45, 2.75) is 16.2 Å². The molecule has 174 valence electrons. The summed E-state index contributed by atoms with van der Waals surface area (Å²) in [5.74, 6) is -0.311. The standard InChI is InChI=1S/C22H29N3O5S2/c1-24(2)17-5-16-23-32(29,30)21-13-9-19(10-14-21)25(3)22(26)15-8-18-6-11-20(12-7-18)31(4,27)28/h6-15,23H,5,16-17H2,1-4H3. The van der Waals surface area contributed by atoms with Crippen LogP contribution in [0, 0.1) is 0 Å². The predicted molar refractivity (Wildman–Crippen MR) is 127 cm³/mol. The molecule has 0 unspecified atom stereocenters. The van der Waals surface area contributed by atoms with Crippen molar-refractivity contribution >= 4 is 37.5 Å². The maximum Gasteiger partial charge on any atom is 0.250 e. The molecule has 0 saturated carbocycles. The third kappa shape index (κ3) is 7.56. The minimum absolute atomic E-state index is 0.133. The summed E-state index contributed by atoms with van der Waals surface area (Å²) in [7, 11) is -1.45. The summed E-state index contributed by atoms with van der Waals surface area (Å²) in [6.07, 6.45) is 4.78. The maximum absolute atomic E-state index is 12.5. The first kappa shape index (κ1) is 25.7. The molecule has 0 radical (unpaired) electrons. The van der Waals surface area contributed by atoms with Gasteiger partial charge in [0.05, 0.1) is 9.79 Å². The van der Waals surface area contributed by atoms with Crippen LogP contribution >= 0.6 is 0 Å². The summed E-state index contributed by atoms with van der Waals surface area (Å²) in [5, 5.41) is 0. The average molecular weight is 480 g/mol. The fraction of sp³-hybridized carbons (Fsp3) is 0.318. The maximum atomic E-state index is 12.5. The Balaban J connectivity index is 2.01. The number of nitrogens with one attached hydrogen (secondary N) is 1. The number of carbonyl (C=O) groups excluding carboxylic acids is 1. The van der Waals surface area contributed by atoms with Crippen molar-refractivity contribution in [3.63, 3.8) is 0 Å². The van der Waals surface area contributed by atoms with Crippen LogP contribution in [0.4, 0.5) is 5.69 Å². The molecule has 0 spiro atoms. The highest BCUT2D eigenvalue weighted by Gasteiger charge is 2.15. The van der Waals surface area contributed by atoms with Gasteiger partial charge in [-0.25, -0.2) is 21.6 Å². The van der Waals surface area contributed by atoms with Crippen LogP contribution < -0.4 is 9.62 Å². The van der Waals surface area contributed by atoms with Crippen molar-refractivity contribution in [3.05, 3.63) is 60.2 Å². The second kappa shape index (κ2) is 10.9. The number of hydrogen-bond donors (Lipinski definition) is 1. The van der Waals surface area contributed by atoms with Gasteiger partial charge in [-0.1, -0.05) is 12.1 Å². The molecule has 0 aliphatic carbocycles. The summed E-state index contributed by atoms with van der Waals surface area (Å²) < 4.78 is 50.4. The van der Waals surface area contributed by atoms with Gasteiger partial charge in [-0.2, -0.15) is 0 Å². The van der Waals surface area contributed by atoms with E-state index in [-0.39, 0.29) is 15.7 Å². The van der Waals surface area contributed by atoms with E-state index in [1.807, 2.05) is 19.0 Å². The molecule has 2 aromatic rings. The molecule has 0 aliphatic rings. The third-order valence-electron chi connectivity index (χ3n) is 4.67. The lowest BCUT2D eigenvalue weighted by Gasteiger charge is -2.16. The number of hydrogen-bond acceptors (Lipinski definition) is 6. The summed E-state index contributed by atoms with van der Waals surface area (Å²) >= 11 is 0. The molecule has 10 heteroatoms. The molecule has 0 heterocycles. The van der Waals surface area contributed by atoms with Gasteiger partial charge in [0.15, 0.2) is 9.84 Å². The van der Waals surface area contributed by atoms with Crippen LogP contribution in [0.5, 0.6) is 0 Å². The van der Waals surface area contributed by atoms with Crippen LogP contribution in [0.2, 0.25) is 0 Å². The van der Waals surface area contributed by atoms with Crippen LogP contribution in [-0.2, 0) is 24.7 Å². The highest BCUT2D eigenvalue weighted by Crippen LogP contribution is 2.18. The molecule has 0 aliphatic heterocycles. The zero-order valence-corrected chi connectivity index (χ0v) is 20.3. The number of sulfonamides is 1. The van der Waals surface area contributed by atoms with E-state index in [0.29, 0.717) is 24.2 Å². The lowest BCUT2D eigenvalue weighted by Crippen LogP contribution is -2.27. The van der Waals surface area contributed by atoms with E-state index in [4.69, 9.17) is 0 Å². The van der Waals surface area contributed by atoms with Crippen molar-refractivity contribution in [1.82, 2.24) is 9.62 Å². The Hall–Kier alpha value is -2.53. The van der Waals surface area contributed by atoms with Crippen molar-refractivity contribution in [3.8, 4) is 0 Å². The van der Waals surface area contributed by atoms with Crippen molar-refractivity contribution in [2.24, 2.45) is 0 Å². The first-order valence-corrected chi connectivity index (χ1v) is 13.3. The molecule has 1 amide bonds. The molecule has 1 N–H and O–H groups in total. The minimum atomic E-state index is -3.61. The van der Waals surface area contributed by atoms with E-state index in [1.54, 1.807) is 37.4 Å². The number of amides is 1. The van der Waals surface area contributed by atoms with Crippen LogP contribution in [0.25, 0.3) is 6.08 Å². The van der Waals surface area contributed by atoms with E-state index >= 15 is 0 Å². The van der Waals surface area contributed by atoms with E-state index in [9.17, 15) is 21.6 Å². The average Bonchev–Trinajstić information content (AvgIpc) is 2.74. The van der Waals surface area contributed by atoms with E-state index in [1.165, 1.54) is 35.2 Å². The number of benzene rings is 2. The minimum Gasteiger partial charge on any atom is -0.312 e. The van der Waals surface area contributed by atoms with Crippen LogP contribution in [0.15, 0.2) is 64.4 Å². The van der Waals surface area contributed by atoms with Gasteiger partial charge < -0.3 is 9.80 Å². The number of nitrogens with zero attached hydrogens (tertiary/aromatic N) is 2. The number of carbonyl (C=O) groups is 1. The van der Waals surface area contributed by atoms with Crippen LogP contribution in [-0.4, -0.2) is 68.1 Å². The first-order chi connectivity index (χ1) is 14.9. The topological polar surface area (TPSA) is 104 Å². The van der Waals surface area contributed by atoms with E-state index in [2.05, 4.69) is 4.72 Å². The molecule has 0 saturated heterocycles. The Morgan fingerprint density at radius 1 is 0.906 bits per heavy atom. The SMILES string of the molecule is CN(C)CCCNS(=O)(=O)c1ccc(N(C)C(=O)C=Cc2ccc(S(C)(=O)=O)cc2)cc1. The van der Waals surface area contributed by atoms with Gasteiger partial charge in [0.1, 0.15) is 0 Å². The Morgan fingerprint density at radius 2 is 1.47 bits per heavy atom. The van der Waals surface area contributed by atoms with Crippen molar-refractivity contribution < 1.29 is 21.6 Å². The van der Waals surface area contributed by atoms with Gasteiger partial charge in [0.25, 0.3) is 5.91 Å². The largest absolute Gasteiger partial charge is 0.312 e. The normalized spacial score (nSPS) is 12.4. The summed E-state index contributed by atoms with van der Waals surface area (Å²) in [6, 6.07) is 12.3. The fourth-order valence-corrected chi connectivity index (χ4v) is 4.47. The smallest absolute Gasteiger partial charge is 0.250 e. The number of sulfone groups is 1. The number of rotatable bonds is 10. The number of anilines is 1. The third-order valence-corrected chi connectivity index (χ3v) is 7.27. The quantitative estimate of drug-likeness (QED) is 0.413. The lowest BCUT2D eigenvalue weighted by molar-refractivity contribution is -0.113. The molecule has 8 nitrogen and oxygen atoms in total. The fourth-order valence-electron chi connectivity index (χ4n) is 2.77. The summed E-state index contributed by atoms with van der Waals surface area (Å²) in [6.45, 7) is 1.13. The Morgan fingerprint density at radius 3 is 2.00 bits per heavy atom. The van der Waals surface area contributed by atoms with Gasteiger partial charge in [-0.15, -0.1) is 0 Å². The first-order valence-electron chi connectivity index (χ1n) is 9.90. The van der Waals surface area contributed by atoms with Crippen molar-refractivity contribution in [2.75, 3.05) is 45.4 Å². The van der Waals surface area contributed by atoms with Gasteiger partial charge in [0.2, 0.25) is 10.0 Å². The lowest BCUT2D eigenvalue weighted by atomic mass is 10.2. The zero-order valence-electron chi connectivity index (χ0n) is 18.6. The molecular formula is C22H29N3O5S2. The van der Waals surface area contributed by atoms with Gasteiger partial charge >= 0.3 is 0 Å². The molecule has 2 rings (SSSR count). The number of likely N-dealkylation sites (N-methyl/N-ethyl adjacent to an activating group) is 1. The Labute approximate surface area is 190 Å². The molecule has 0 fully saturated rings. The monoisotopic (exact) mass is 479 g/mol. The van der Waals surface area contributed by atoms with Crippen LogP contribution in [0.3, 0.4) is 0 Å². The van der Waals surface area contributed by atoms with Gasteiger partial charge in [0, 0.05) is 31.6 Å². The summed E-state index contributed by atoms with van der Waals surface area (Å²) in [4.78, 5) is 16.2. The molecular weight excluding hydrogens is 450 g/mol. The highest BCUT2D eigenvalue weighted by atomic mass is 32.2. The highest BCUT2D eigenvalue weighted by molar-refractivity contribution is 7.90. The van der Waals surface area contributed by atoms with Gasteiger partial charge in [-0.05, 0) is 75.1 Å². The Kier molecular flexibility index (Phi) is 8.73. The Bertz CT molecular complexity index is 1160. The second-order valence-corrected chi connectivity index (χ2v) is 11.4. The van der Waals surface area contributed by atoms with E-state index in [0.717, 1.165) is 12.8 Å². The molecule has 0 atom stereocenters. The van der Waals surface area contributed by atoms with Crippen LogP contribution in [0.1, 0.15) is 12.0 Å². The molecule has 0 bridgehead atoms. The van der Waals surface area contributed by atoms with Crippen molar-refractivity contribution in [1.29, 1.82) is 0 Å². The molecule has 2 aromatic carbocycles. The molecule has 32 heavy (non-hydrogen) atoms. The van der Waals surface area contributed by atoms with Gasteiger partial charge in [-0.3, -0.25) is 4.79 Å². The predicted octanol–water partition coefficient (Wildman–Crippen LogP) is 2.00. The summed E-state index contributed by atoms with van der Waals surface area (Å²) in [5.41, 5.74) is 1.22. The molecule has 0 aromatic heterocycles. The zero-order chi connectivity index (χ0) is 23.9. The second-order valence-electron chi connectivity index (χ2n) is 7.62. The van der Waals surface area contributed by atoms with E-state index < -0.39 is 19.9 Å².